The molecular weight excluding hydrogens is 507 g/mol. The molecule has 1 aromatic carbocycles. The van der Waals surface area contributed by atoms with E-state index in [1.165, 1.54) is 4.90 Å². The number of carbonyl (C=O) groups excluding carboxylic acids is 1. The molecule has 4 aliphatic rings. The Kier molecular flexibility index (Phi) is 7.18. The number of alkyl halides is 3. The molecule has 0 radical (unpaired) electrons. The van der Waals surface area contributed by atoms with E-state index in [9.17, 15) is 18.0 Å². The summed E-state index contributed by atoms with van der Waals surface area (Å²) < 4.78 is 44.8. The first kappa shape index (κ1) is 26.4. The van der Waals surface area contributed by atoms with Gasteiger partial charge in [0, 0.05) is 42.6 Å². The maximum atomic E-state index is 14.1. The van der Waals surface area contributed by atoms with Gasteiger partial charge in [-0.25, -0.2) is 4.98 Å². The molecule has 0 spiro atoms. The molecule has 4 atom stereocenters. The number of anilines is 4. The van der Waals surface area contributed by atoms with E-state index < -0.39 is 12.7 Å². The highest BCUT2D eigenvalue weighted by Crippen LogP contribution is 2.44. The van der Waals surface area contributed by atoms with Crippen LogP contribution in [0.4, 0.5) is 36.1 Å². The molecule has 1 unspecified atom stereocenters. The molecule has 10 heteroatoms. The molecule has 3 fully saturated rings. The Morgan fingerprint density at radius 1 is 1.10 bits per heavy atom. The van der Waals surface area contributed by atoms with Crippen LogP contribution in [0.2, 0.25) is 0 Å². The lowest BCUT2D eigenvalue weighted by Crippen LogP contribution is -2.45. The Balaban J connectivity index is 1.30. The van der Waals surface area contributed by atoms with E-state index in [1.54, 1.807) is 13.3 Å². The number of piperidine rings is 1. The van der Waals surface area contributed by atoms with Gasteiger partial charge in [-0.3, -0.25) is 9.69 Å². The Hall–Kier alpha value is -2.85. The lowest BCUT2D eigenvalue weighted by Gasteiger charge is -2.40. The number of hydrogen-bond donors (Lipinski definition) is 1. The summed E-state index contributed by atoms with van der Waals surface area (Å²) in [5, 5.41) is 3.44. The molecule has 39 heavy (non-hydrogen) atoms. The summed E-state index contributed by atoms with van der Waals surface area (Å²) in [6.45, 7) is 0.0745. The largest absolute Gasteiger partial charge is 0.401 e. The number of ether oxygens (including phenoxy) is 1. The normalized spacial score (nSPS) is 27.3. The molecule has 1 aromatic heterocycles. The number of nitrogens with one attached hydrogen (secondary N) is 1. The number of fused-ring (bicyclic) bond motifs is 4. The lowest BCUT2D eigenvalue weighted by molar-refractivity contribution is -0.145. The number of aromatic nitrogens is 1. The van der Waals surface area contributed by atoms with Gasteiger partial charge in [0.15, 0.2) is 0 Å². The minimum absolute atomic E-state index is 0.0261. The van der Waals surface area contributed by atoms with Crippen molar-refractivity contribution in [2.24, 2.45) is 5.92 Å². The third kappa shape index (κ3) is 5.45. The maximum Gasteiger partial charge on any atom is 0.401 e. The molecule has 210 valence electrons. The zero-order valence-corrected chi connectivity index (χ0v) is 22.3. The minimum Gasteiger partial charge on any atom is -0.381 e. The van der Waals surface area contributed by atoms with E-state index in [0.717, 1.165) is 54.1 Å². The molecule has 0 saturated carbocycles. The number of nitrogens with zero attached hydrogens (tertiary/aromatic N) is 4. The van der Waals surface area contributed by atoms with Crippen molar-refractivity contribution in [3.63, 3.8) is 0 Å². The number of rotatable bonds is 4. The van der Waals surface area contributed by atoms with Crippen LogP contribution in [0.1, 0.15) is 50.5 Å². The van der Waals surface area contributed by atoms with Crippen molar-refractivity contribution in [2.45, 2.75) is 75.9 Å². The third-order valence-corrected chi connectivity index (χ3v) is 8.91. The van der Waals surface area contributed by atoms with Crippen molar-refractivity contribution in [1.82, 2.24) is 9.88 Å². The molecule has 1 N–H and O–H groups in total. The smallest absolute Gasteiger partial charge is 0.381 e. The van der Waals surface area contributed by atoms with Gasteiger partial charge in [0.25, 0.3) is 0 Å². The number of likely N-dealkylation sites (tertiary alicyclic amines) is 1. The van der Waals surface area contributed by atoms with Gasteiger partial charge in [-0.15, -0.1) is 0 Å². The van der Waals surface area contributed by atoms with E-state index >= 15 is 0 Å². The van der Waals surface area contributed by atoms with Gasteiger partial charge >= 0.3 is 6.18 Å². The van der Waals surface area contributed by atoms with Gasteiger partial charge in [0.1, 0.15) is 5.82 Å². The summed E-state index contributed by atoms with van der Waals surface area (Å²) in [4.78, 5) is 24.4. The number of pyridine rings is 1. The molecular formula is C29H36F3N5O2. The van der Waals surface area contributed by atoms with Gasteiger partial charge in [0.2, 0.25) is 5.91 Å². The maximum absolute atomic E-state index is 14.1. The molecule has 5 heterocycles. The Labute approximate surface area is 227 Å². The van der Waals surface area contributed by atoms with Crippen molar-refractivity contribution in [2.75, 3.05) is 41.9 Å². The second-order valence-electron chi connectivity index (χ2n) is 11.4. The predicted octanol–water partition coefficient (Wildman–Crippen LogP) is 5.48. The lowest BCUT2D eigenvalue weighted by atomic mass is 9.97. The molecule has 6 rings (SSSR count). The van der Waals surface area contributed by atoms with Gasteiger partial charge in [-0.2, -0.15) is 13.2 Å². The summed E-state index contributed by atoms with van der Waals surface area (Å²) in [7, 11) is 1.79. The first-order chi connectivity index (χ1) is 18.8. The van der Waals surface area contributed by atoms with Crippen molar-refractivity contribution in [3.05, 3.63) is 42.1 Å². The van der Waals surface area contributed by atoms with E-state index in [0.29, 0.717) is 44.4 Å². The summed E-state index contributed by atoms with van der Waals surface area (Å²) in [5.41, 5.74) is 3.64. The summed E-state index contributed by atoms with van der Waals surface area (Å²) >= 11 is 0. The average Bonchev–Trinajstić information content (AvgIpc) is 3.09. The van der Waals surface area contributed by atoms with Crippen LogP contribution in [0.3, 0.4) is 0 Å². The number of hydrogen-bond acceptors (Lipinski definition) is 6. The van der Waals surface area contributed by atoms with E-state index in [2.05, 4.69) is 27.3 Å². The monoisotopic (exact) mass is 543 g/mol. The van der Waals surface area contributed by atoms with Gasteiger partial charge in [-0.05, 0) is 82.3 Å². The highest BCUT2D eigenvalue weighted by atomic mass is 19.4. The molecule has 4 aliphatic heterocycles. The molecule has 2 bridgehead atoms. The van der Waals surface area contributed by atoms with Crippen molar-refractivity contribution in [1.29, 1.82) is 0 Å². The Morgan fingerprint density at radius 3 is 2.64 bits per heavy atom. The minimum atomic E-state index is -4.23. The van der Waals surface area contributed by atoms with Gasteiger partial charge in [0.05, 0.1) is 30.6 Å². The van der Waals surface area contributed by atoms with Crippen LogP contribution in [0.15, 0.2) is 36.5 Å². The Bertz CT molecular complexity index is 1190. The fraction of sp³-hybridized carbons (Fsp3) is 0.586. The average molecular weight is 544 g/mol. The predicted molar refractivity (Wildman–Crippen MR) is 144 cm³/mol. The van der Waals surface area contributed by atoms with Crippen LogP contribution in [-0.2, 0) is 16.1 Å². The van der Waals surface area contributed by atoms with Crippen LogP contribution in [0.25, 0.3) is 0 Å². The number of amides is 1. The third-order valence-electron chi connectivity index (χ3n) is 8.91. The zero-order valence-electron chi connectivity index (χ0n) is 22.3. The summed E-state index contributed by atoms with van der Waals surface area (Å²) in [5.74, 6) is 0.369. The van der Waals surface area contributed by atoms with Crippen molar-refractivity contribution in [3.8, 4) is 0 Å². The summed E-state index contributed by atoms with van der Waals surface area (Å²) in [6, 6.07) is 10.9. The number of halogens is 3. The highest BCUT2D eigenvalue weighted by Gasteiger charge is 2.42. The van der Waals surface area contributed by atoms with Crippen LogP contribution >= 0.6 is 0 Å². The van der Waals surface area contributed by atoms with Gasteiger partial charge in [-0.1, -0.05) is 6.07 Å². The number of carbonyl (C=O) groups is 1. The Morgan fingerprint density at radius 2 is 1.90 bits per heavy atom. The van der Waals surface area contributed by atoms with E-state index in [4.69, 9.17) is 4.74 Å². The quantitative estimate of drug-likeness (QED) is 0.551. The molecule has 3 saturated heterocycles. The van der Waals surface area contributed by atoms with Crippen LogP contribution in [0.5, 0.6) is 0 Å². The fourth-order valence-corrected chi connectivity index (χ4v) is 7.04. The molecule has 0 aliphatic carbocycles. The first-order valence-electron chi connectivity index (χ1n) is 14.1. The van der Waals surface area contributed by atoms with Gasteiger partial charge < -0.3 is 19.9 Å². The van der Waals surface area contributed by atoms with Crippen LogP contribution in [-0.4, -0.2) is 66.9 Å². The van der Waals surface area contributed by atoms with Crippen LogP contribution in [0, 0.1) is 5.92 Å². The van der Waals surface area contributed by atoms with E-state index in [-0.39, 0.29) is 24.5 Å². The topological polar surface area (TPSA) is 60.9 Å². The van der Waals surface area contributed by atoms with E-state index in [1.807, 2.05) is 23.1 Å². The van der Waals surface area contributed by atoms with Crippen molar-refractivity contribution < 1.29 is 22.7 Å². The first-order valence-corrected chi connectivity index (χ1v) is 14.1. The standard InChI is InChI=1S/C29H36F3N5O2/c1-39-24-14-21-6-7-22(15-24)37(21)23-8-9-25-26(16-23)36(17-20-4-2-11-33-27(20)34-25)28(38)19-5-3-12-35(13-10-19)18-29(30,31)32/h2,4,8-9,11,16,19,21-22,24H,3,5-7,10,12-15,17-18H2,1H3,(H,33,34)/t19?,21-,22+,24+. The summed E-state index contributed by atoms with van der Waals surface area (Å²) in [6.07, 6.45) is 3.62. The SMILES string of the molecule is CO[C@H]1C[C@H]2CC[C@@H](C1)N2c1ccc2c(c1)N(C(=O)C1CCCN(CC(F)(F)F)CC1)Cc1cccnc1N2. The molecule has 7 nitrogen and oxygen atoms in total. The van der Waals surface area contributed by atoms with Crippen molar-refractivity contribution >= 4 is 28.8 Å². The molecule has 1 amide bonds. The molecule has 2 aromatic rings. The fourth-order valence-electron chi connectivity index (χ4n) is 7.04. The highest BCUT2D eigenvalue weighted by molar-refractivity contribution is 6.00. The number of benzene rings is 1. The zero-order chi connectivity index (χ0) is 27.1. The van der Waals surface area contributed by atoms with Crippen LogP contribution < -0.4 is 15.1 Å². The second-order valence-corrected chi connectivity index (χ2v) is 11.4. The second kappa shape index (κ2) is 10.6. The number of methoxy groups -OCH3 is 1.